The highest BCUT2D eigenvalue weighted by Gasteiger charge is 2.23. The minimum atomic E-state index is -0.614. The smallest absolute Gasteiger partial charge is 0.343 e. The Morgan fingerprint density at radius 2 is 1.95 bits per heavy atom. The van der Waals surface area contributed by atoms with Crippen LogP contribution in [0.1, 0.15) is 17.3 Å². The van der Waals surface area contributed by atoms with Crippen LogP contribution < -0.4 is 0 Å². The number of hydrogen-bond acceptors (Lipinski definition) is 4. The lowest BCUT2D eigenvalue weighted by Gasteiger charge is -2.11. The zero-order valence-electron chi connectivity index (χ0n) is 11.1. The normalized spacial score (nSPS) is 11.1. The molecule has 0 N–H and O–H groups in total. The molecule has 0 bridgehead atoms. The number of esters is 1. The second-order valence-electron chi connectivity index (χ2n) is 4.04. The predicted octanol–water partition coefficient (Wildman–Crippen LogP) is 2.64. The second-order valence-corrected chi connectivity index (χ2v) is 4.89. The molecule has 0 atom stereocenters. The molecular weight excluding hydrogens is 310 g/mol. The van der Waals surface area contributed by atoms with E-state index in [4.69, 9.17) is 4.74 Å². The lowest BCUT2D eigenvalue weighted by atomic mass is 10.0. The maximum absolute atomic E-state index is 12.4. The summed E-state index contributed by atoms with van der Waals surface area (Å²) in [7, 11) is 3.49. The first-order chi connectivity index (χ1) is 8.97. The summed E-state index contributed by atoms with van der Waals surface area (Å²) in [6.45, 7) is 1.93. The molecule has 102 valence electrons. The molecule has 0 aliphatic rings. The molecule has 0 fully saturated rings. The number of ether oxygens (including phenoxy) is 1. The number of benzene rings is 1. The molecular formula is C14H16BrNO3. The number of Topliss-reactive ketones (excluding diaryl/α,β-unsaturated/α-hetero) is 1. The highest BCUT2D eigenvalue weighted by atomic mass is 79.9. The van der Waals surface area contributed by atoms with Gasteiger partial charge in [0.15, 0.2) is 0 Å². The first-order valence-corrected chi connectivity index (χ1v) is 6.61. The van der Waals surface area contributed by atoms with Gasteiger partial charge >= 0.3 is 5.97 Å². The quantitative estimate of drug-likeness (QED) is 0.274. The van der Waals surface area contributed by atoms with Gasteiger partial charge in [-0.15, -0.1) is 0 Å². The van der Waals surface area contributed by atoms with Crippen LogP contribution in [-0.2, 0) is 9.53 Å². The fourth-order valence-electron chi connectivity index (χ4n) is 1.46. The van der Waals surface area contributed by atoms with Gasteiger partial charge in [-0.25, -0.2) is 4.79 Å². The Bertz CT molecular complexity index is 509. The van der Waals surface area contributed by atoms with E-state index in [1.165, 1.54) is 6.20 Å². The summed E-state index contributed by atoms with van der Waals surface area (Å²) in [6, 6.07) is 6.97. The van der Waals surface area contributed by atoms with Crippen LogP contribution >= 0.6 is 15.9 Å². The van der Waals surface area contributed by atoms with Crippen LogP contribution in [0.4, 0.5) is 0 Å². The van der Waals surface area contributed by atoms with Crippen LogP contribution in [0.2, 0.25) is 0 Å². The van der Waals surface area contributed by atoms with Crippen molar-refractivity contribution in [3.05, 3.63) is 46.1 Å². The van der Waals surface area contributed by atoms with Gasteiger partial charge in [0.25, 0.3) is 0 Å². The second kappa shape index (κ2) is 7.09. The predicted molar refractivity (Wildman–Crippen MR) is 76.9 cm³/mol. The molecule has 0 aliphatic carbocycles. The molecule has 0 aromatic heterocycles. The minimum Gasteiger partial charge on any atom is -0.462 e. The van der Waals surface area contributed by atoms with E-state index in [1.54, 1.807) is 50.2 Å². The zero-order valence-corrected chi connectivity index (χ0v) is 12.7. The van der Waals surface area contributed by atoms with Gasteiger partial charge in [-0.2, -0.15) is 0 Å². The molecule has 1 rings (SSSR count). The van der Waals surface area contributed by atoms with Crippen LogP contribution in [0.25, 0.3) is 0 Å². The first-order valence-electron chi connectivity index (χ1n) is 5.82. The van der Waals surface area contributed by atoms with E-state index in [2.05, 4.69) is 15.9 Å². The van der Waals surface area contributed by atoms with Crippen molar-refractivity contribution in [3.63, 3.8) is 0 Å². The molecule has 0 heterocycles. The Balaban J connectivity index is 3.16. The molecule has 19 heavy (non-hydrogen) atoms. The van der Waals surface area contributed by atoms with Gasteiger partial charge in [0.1, 0.15) is 5.57 Å². The highest BCUT2D eigenvalue weighted by Crippen LogP contribution is 2.20. The molecule has 0 spiro atoms. The molecule has 0 saturated carbocycles. The van der Waals surface area contributed by atoms with Gasteiger partial charge in [-0.3, -0.25) is 4.79 Å². The number of hydrogen-bond donors (Lipinski definition) is 0. The van der Waals surface area contributed by atoms with Crippen molar-refractivity contribution in [1.82, 2.24) is 4.90 Å². The first kappa shape index (κ1) is 15.4. The monoisotopic (exact) mass is 325 g/mol. The number of rotatable bonds is 5. The Hall–Kier alpha value is -1.62. The van der Waals surface area contributed by atoms with E-state index in [0.29, 0.717) is 10.0 Å². The molecule has 1 aromatic rings. The molecule has 0 saturated heterocycles. The van der Waals surface area contributed by atoms with Crippen LogP contribution in [0.15, 0.2) is 40.5 Å². The number of ketones is 1. The van der Waals surface area contributed by atoms with Crippen LogP contribution in [0.5, 0.6) is 0 Å². The van der Waals surface area contributed by atoms with Gasteiger partial charge in [0, 0.05) is 30.3 Å². The average Bonchev–Trinajstić information content (AvgIpc) is 2.36. The fourth-order valence-corrected chi connectivity index (χ4v) is 1.93. The largest absolute Gasteiger partial charge is 0.462 e. The van der Waals surface area contributed by atoms with E-state index < -0.39 is 5.97 Å². The van der Waals surface area contributed by atoms with E-state index in [1.807, 2.05) is 0 Å². The third-order valence-electron chi connectivity index (χ3n) is 2.25. The summed E-state index contributed by atoms with van der Waals surface area (Å²) in [6.07, 6.45) is 1.47. The third kappa shape index (κ3) is 4.21. The average molecular weight is 326 g/mol. The van der Waals surface area contributed by atoms with Crippen molar-refractivity contribution in [2.75, 3.05) is 20.7 Å². The van der Waals surface area contributed by atoms with Crippen molar-refractivity contribution in [1.29, 1.82) is 0 Å². The summed E-state index contributed by atoms with van der Waals surface area (Å²) >= 11 is 3.31. The number of carbonyl (C=O) groups excluding carboxylic acids is 2. The van der Waals surface area contributed by atoms with Gasteiger partial charge in [-0.05, 0) is 19.1 Å². The number of nitrogens with zero attached hydrogens (tertiary/aromatic N) is 1. The molecule has 0 amide bonds. The van der Waals surface area contributed by atoms with Crippen LogP contribution in [0, 0.1) is 0 Å². The van der Waals surface area contributed by atoms with Crippen LogP contribution in [-0.4, -0.2) is 37.4 Å². The minimum absolute atomic E-state index is 0.0127. The lowest BCUT2D eigenvalue weighted by molar-refractivity contribution is -0.138. The Labute approximate surface area is 121 Å². The summed E-state index contributed by atoms with van der Waals surface area (Å²) in [5.41, 5.74) is 0.447. The molecule has 4 nitrogen and oxygen atoms in total. The van der Waals surface area contributed by atoms with E-state index in [0.717, 1.165) is 0 Å². The summed E-state index contributed by atoms with van der Waals surface area (Å²) < 4.78 is 5.56. The molecule has 1 aromatic carbocycles. The summed E-state index contributed by atoms with van der Waals surface area (Å²) in [5.74, 6) is -0.975. The Morgan fingerprint density at radius 1 is 1.32 bits per heavy atom. The van der Waals surface area contributed by atoms with Gasteiger partial charge in [0.2, 0.25) is 5.78 Å². The van der Waals surface area contributed by atoms with Crippen LogP contribution in [0.3, 0.4) is 0 Å². The van der Waals surface area contributed by atoms with Crippen molar-refractivity contribution in [2.45, 2.75) is 6.92 Å². The molecule has 0 radical (unpaired) electrons. The summed E-state index contributed by atoms with van der Waals surface area (Å²) in [4.78, 5) is 25.9. The number of carbonyl (C=O) groups is 2. The standard InChI is InChI=1S/C14H16BrNO3/c1-4-19-14(18)11(9-16(2)3)13(17)10-7-5-6-8-12(10)15/h5-9H,4H2,1-3H3. The SMILES string of the molecule is CCOC(=O)C(=CN(C)C)C(=O)c1ccccc1Br. The topological polar surface area (TPSA) is 46.6 Å². The van der Waals surface area contributed by atoms with Crippen molar-refractivity contribution >= 4 is 27.7 Å². The van der Waals surface area contributed by atoms with Crippen molar-refractivity contribution in [2.24, 2.45) is 0 Å². The summed E-state index contributed by atoms with van der Waals surface area (Å²) in [5, 5.41) is 0. The van der Waals surface area contributed by atoms with Crippen molar-refractivity contribution in [3.8, 4) is 0 Å². The lowest BCUT2D eigenvalue weighted by Crippen LogP contribution is -2.19. The number of halogens is 1. The fraction of sp³-hybridized carbons (Fsp3) is 0.286. The molecule has 0 aliphatic heterocycles. The maximum atomic E-state index is 12.4. The van der Waals surface area contributed by atoms with E-state index >= 15 is 0 Å². The van der Waals surface area contributed by atoms with Crippen molar-refractivity contribution < 1.29 is 14.3 Å². The maximum Gasteiger partial charge on any atom is 0.343 e. The zero-order chi connectivity index (χ0) is 14.4. The van der Waals surface area contributed by atoms with Gasteiger partial charge < -0.3 is 9.64 Å². The van der Waals surface area contributed by atoms with E-state index in [9.17, 15) is 9.59 Å². The highest BCUT2D eigenvalue weighted by molar-refractivity contribution is 9.10. The van der Waals surface area contributed by atoms with Gasteiger partial charge in [0.05, 0.1) is 6.61 Å². The molecule has 5 heteroatoms. The molecule has 0 unspecified atom stereocenters. The Kier molecular flexibility index (Phi) is 5.76. The third-order valence-corrected chi connectivity index (χ3v) is 2.94. The van der Waals surface area contributed by atoms with Gasteiger partial charge in [-0.1, -0.05) is 28.1 Å². The Morgan fingerprint density at radius 3 is 2.47 bits per heavy atom. The van der Waals surface area contributed by atoms with E-state index in [-0.39, 0.29) is 18.0 Å².